The van der Waals surface area contributed by atoms with Gasteiger partial charge in [-0.25, -0.2) is 18.1 Å². The minimum atomic E-state index is -3.77. The van der Waals surface area contributed by atoms with Gasteiger partial charge in [0.15, 0.2) is 11.6 Å². The molecule has 1 amide bonds. The number of hydrogen-bond acceptors (Lipinski definition) is 6. The van der Waals surface area contributed by atoms with Crippen LogP contribution in [0.5, 0.6) is 11.5 Å². The molecular formula is C21H21N3O4S2. The Morgan fingerprint density at radius 2 is 2.03 bits per heavy atom. The number of rotatable bonds is 7. The van der Waals surface area contributed by atoms with Gasteiger partial charge in [-0.15, -0.1) is 11.3 Å². The first-order valence-electron chi connectivity index (χ1n) is 9.60. The van der Waals surface area contributed by atoms with Crippen LogP contribution < -0.4 is 14.4 Å². The average molecular weight is 444 g/mol. The molecule has 0 saturated carbocycles. The Balaban J connectivity index is 1.63. The monoisotopic (exact) mass is 443 g/mol. The van der Waals surface area contributed by atoms with E-state index in [0.717, 1.165) is 11.3 Å². The Hall–Kier alpha value is -2.75. The lowest BCUT2D eigenvalue weighted by molar-refractivity contribution is 0.0986. The van der Waals surface area contributed by atoms with Crippen molar-refractivity contribution in [1.29, 1.82) is 0 Å². The zero-order chi connectivity index (χ0) is 21.1. The predicted molar refractivity (Wildman–Crippen MR) is 116 cm³/mol. The van der Waals surface area contributed by atoms with E-state index in [1.807, 2.05) is 24.4 Å². The molecule has 1 aromatic carbocycles. The highest BCUT2D eigenvalue weighted by atomic mass is 32.2. The molecule has 4 rings (SSSR count). The smallest absolute Gasteiger partial charge is 0.263 e. The van der Waals surface area contributed by atoms with Crippen LogP contribution in [0, 0.1) is 0 Å². The maximum atomic E-state index is 13.2. The van der Waals surface area contributed by atoms with Gasteiger partial charge >= 0.3 is 0 Å². The number of carbonyl (C=O) groups excluding carboxylic acids is 1. The van der Waals surface area contributed by atoms with E-state index in [-0.39, 0.29) is 22.9 Å². The van der Waals surface area contributed by atoms with Crippen molar-refractivity contribution in [1.82, 2.24) is 9.71 Å². The van der Waals surface area contributed by atoms with E-state index in [9.17, 15) is 13.2 Å². The second-order valence-electron chi connectivity index (χ2n) is 6.77. The van der Waals surface area contributed by atoms with Crippen LogP contribution in [0.1, 0.15) is 28.6 Å². The molecule has 0 bridgehead atoms. The minimum absolute atomic E-state index is 0.0275. The Labute approximate surface area is 179 Å². The number of sulfonamides is 1. The number of amides is 1. The minimum Gasteiger partial charge on any atom is -0.453 e. The van der Waals surface area contributed by atoms with Crippen LogP contribution in [-0.2, 0) is 16.4 Å². The Bertz CT molecular complexity index is 1160. The first-order valence-corrected chi connectivity index (χ1v) is 12.0. The summed E-state index contributed by atoms with van der Waals surface area (Å²) in [5, 5.41) is 1.96. The number of carbonyl (C=O) groups is 1. The highest BCUT2D eigenvalue weighted by molar-refractivity contribution is 7.89. The molecule has 0 fully saturated rings. The Kier molecular flexibility index (Phi) is 5.85. The summed E-state index contributed by atoms with van der Waals surface area (Å²) in [6, 6.07) is 11.7. The number of fused-ring (bicyclic) bond motifs is 2. The zero-order valence-corrected chi connectivity index (χ0v) is 18.0. The summed E-state index contributed by atoms with van der Waals surface area (Å²) in [4.78, 5) is 20.2. The van der Waals surface area contributed by atoms with E-state index in [1.54, 1.807) is 29.7 Å². The quantitative estimate of drug-likeness (QED) is 0.600. The van der Waals surface area contributed by atoms with Crippen molar-refractivity contribution >= 4 is 33.1 Å². The molecule has 0 aliphatic carbocycles. The number of ether oxygens (including phenoxy) is 1. The van der Waals surface area contributed by atoms with Crippen molar-refractivity contribution in [3.05, 3.63) is 64.5 Å². The molecule has 0 unspecified atom stereocenters. The number of thiophene rings is 1. The van der Waals surface area contributed by atoms with Gasteiger partial charge in [0.1, 0.15) is 5.75 Å². The SMILES string of the molecule is CCCN1C(=O)c2cc(S(=O)(=O)NCCc3cccs3)ccc2Oc2cccnc21. The molecule has 0 atom stereocenters. The normalized spacial score (nSPS) is 13.4. The number of benzene rings is 1. The largest absolute Gasteiger partial charge is 0.453 e. The first kappa shape index (κ1) is 20.5. The molecule has 1 N–H and O–H groups in total. The molecule has 2 aromatic heterocycles. The third kappa shape index (κ3) is 4.09. The first-order chi connectivity index (χ1) is 14.5. The fraction of sp³-hybridized carbons (Fsp3) is 0.238. The second-order valence-corrected chi connectivity index (χ2v) is 9.57. The maximum absolute atomic E-state index is 13.2. The molecule has 0 radical (unpaired) electrons. The molecule has 3 heterocycles. The topological polar surface area (TPSA) is 88.6 Å². The van der Waals surface area contributed by atoms with Gasteiger partial charge in [-0.3, -0.25) is 9.69 Å². The lowest BCUT2D eigenvalue weighted by Crippen LogP contribution is -2.32. The molecule has 0 saturated heterocycles. The van der Waals surface area contributed by atoms with Crippen LogP contribution in [-0.4, -0.2) is 32.4 Å². The number of aromatic nitrogens is 1. The number of nitrogens with zero attached hydrogens (tertiary/aromatic N) is 2. The molecule has 1 aliphatic heterocycles. The van der Waals surface area contributed by atoms with Crippen molar-refractivity contribution in [3.8, 4) is 11.5 Å². The lowest BCUT2D eigenvalue weighted by Gasteiger charge is -2.19. The lowest BCUT2D eigenvalue weighted by atomic mass is 10.1. The van der Waals surface area contributed by atoms with Crippen molar-refractivity contribution in [2.75, 3.05) is 18.0 Å². The van der Waals surface area contributed by atoms with Gasteiger partial charge in [0.2, 0.25) is 10.0 Å². The van der Waals surface area contributed by atoms with Gasteiger partial charge in [-0.1, -0.05) is 13.0 Å². The van der Waals surface area contributed by atoms with Crippen molar-refractivity contribution < 1.29 is 17.9 Å². The van der Waals surface area contributed by atoms with Gasteiger partial charge in [0, 0.05) is 24.2 Å². The third-order valence-corrected chi connectivity index (χ3v) is 7.05. The molecular weight excluding hydrogens is 422 g/mol. The van der Waals surface area contributed by atoms with Crippen LogP contribution in [0.3, 0.4) is 0 Å². The standard InChI is InChI=1S/C21H21N3O4S2/c1-2-12-24-20-19(6-3-10-22-20)28-18-8-7-16(14-17(18)21(24)25)30(26,27)23-11-9-15-5-4-13-29-15/h3-8,10,13-14,23H,2,9,11-12H2,1H3. The summed E-state index contributed by atoms with van der Waals surface area (Å²) in [7, 11) is -3.77. The van der Waals surface area contributed by atoms with Crippen LogP contribution in [0.25, 0.3) is 0 Å². The van der Waals surface area contributed by atoms with E-state index in [0.29, 0.717) is 30.3 Å². The molecule has 9 heteroatoms. The third-order valence-electron chi connectivity index (χ3n) is 4.65. The molecule has 3 aromatic rings. The van der Waals surface area contributed by atoms with Gasteiger partial charge < -0.3 is 4.74 Å². The number of nitrogens with one attached hydrogen (secondary N) is 1. The Morgan fingerprint density at radius 1 is 1.17 bits per heavy atom. The summed E-state index contributed by atoms with van der Waals surface area (Å²) in [6.45, 7) is 2.68. The van der Waals surface area contributed by atoms with Crippen LogP contribution >= 0.6 is 11.3 Å². The van der Waals surface area contributed by atoms with E-state index in [4.69, 9.17) is 4.74 Å². The zero-order valence-electron chi connectivity index (χ0n) is 16.4. The fourth-order valence-electron chi connectivity index (χ4n) is 3.23. The summed E-state index contributed by atoms with van der Waals surface area (Å²) >= 11 is 1.58. The van der Waals surface area contributed by atoms with E-state index < -0.39 is 10.0 Å². The van der Waals surface area contributed by atoms with E-state index in [1.165, 1.54) is 23.1 Å². The van der Waals surface area contributed by atoms with Crippen LogP contribution in [0.2, 0.25) is 0 Å². The predicted octanol–water partition coefficient (Wildman–Crippen LogP) is 3.83. The van der Waals surface area contributed by atoms with Crippen LogP contribution in [0.15, 0.2) is 58.9 Å². The summed E-state index contributed by atoms with van der Waals surface area (Å²) < 4.78 is 34.1. The van der Waals surface area contributed by atoms with Crippen LogP contribution in [0.4, 0.5) is 5.82 Å². The summed E-state index contributed by atoms with van der Waals surface area (Å²) in [5.74, 6) is 0.868. The Morgan fingerprint density at radius 3 is 2.80 bits per heavy atom. The molecule has 7 nitrogen and oxygen atoms in total. The highest BCUT2D eigenvalue weighted by Gasteiger charge is 2.30. The number of hydrogen-bond donors (Lipinski definition) is 1. The maximum Gasteiger partial charge on any atom is 0.263 e. The molecule has 156 valence electrons. The van der Waals surface area contributed by atoms with Crippen molar-refractivity contribution in [2.45, 2.75) is 24.7 Å². The second kappa shape index (κ2) is 8.55. The molecule has 0 spiro atoms. The van der Waals surface area contributed by atoms with Crippen molar-refractivity contribution in [2.24, 2.45) is 0 Å². The highest BCUT2D eigenvalue weighted by Crippen LogP contribution is 2.38. The molecule has 1 aliphatic rings. The number of pyridine rings is 1. The summed E-state index contributed by atoms with van der Waals surface area (Å²) in [5.41, 5.74) is 0.197. The van der Waals surface area contributed by atoms with Gasteiger partial charge in [0.05, 0.1) is 10.5 Å². The molecule has 30 heavy (non-hydrogen) atoms. The van der Waals surface area contributed by atoms with Crippen molar-refractivity contribution in [3.63, 3.8) is 0 Å². The summed E-state index contributed by atoms with van der Waals surface area (Å²) in [6.07, 6.45) is 2.93. The van der Waals surface area contributed by atoms with Gasteiger partial charge in [-0.2, -0.15) is 0 Å². The van der Waals surface area contributed by atoms with Gasteiger partial charge in [0.25, 0.3) is 5.91 Å². The van der Waals surface area contributed by atoms with E-state index >= 15 is 0 Å². The van der Waals surface area contributed by atoms with Gasteiger partial charge in [-0.05, 0) is 54.6 Å². The fourth-order valence-corrected chi connectivity index (χ4v) is 5.00. The average Bonchev–Trinajstić information content (AvgIpc) is 3.22. The van der Waals surface area contributed by atoms with E-state index in [2.05, 4.69) is 9.71 Å². The number of anilines is 1.